The zero-order chi connectivity index (χ0) is 15.4. The van der Waals surface area contributed by atoms with Crippen molar-refractivity contribution in [1.82, 2.24) is 9.88 Å². The summed E-state index contributed by atoms with van der Waals surface area (Å²) in [6, 6.07) is 2.85. The number of nitrogens with zero attached hydrogens (tertiary/aromatic N) is 2. The Labute approximate surface area is 132 Å². The first-order valence-electron chi connectivity index (χ1n) is 7.19. The standard InChI is InChI=1S/C14H20BrN3O3/c1-17-12(6-7-13(17)18(20)21)14(19)16-9-11-5-3-2-4-10(11)8-15/h6-7,10-11H,2-5,8-9H2,1H3,(H,16,19). The number of amides is 1. The molecule has 1 amide bonds. The van der Waals surface area contributed by atoms with Crippen molar-refractivity contribution in [3.63, 3.8) is 0 Å². The highest BCUT2D eigenvalue weighted by atomic mass is 79.9. The minimum Gasteiger partial charge on any atom is -0.358 e. The van der Waals surface area contributed by atoms with Crippen LogP contribution in [-0.2, 0) is 7.05 Å². The number of hydrogen-bond donors (Lipinski definition) is 1. The Hall–Kier alpha value is -1.37. The molecule has 0 bridgehead atoms. The van der Waals surface area contributed by atoms with Crippen LogP contribution in [0.3, 0.4) is 0 Å². The molecule has 7 heteroatoms. The zero-order valence-electron chi connectivity index (χ0n) is 12.0. The van der Waals surface area contributed by atoms with Gasteiger partial charge in [-0.3, -0.25) is 4.79 Å². The summed E-state index contributed by atoms with van der Waals surface area (Å²) in [5, 5.41) is 14.7. The van der Waals surface area contributed by atoms with E-state index >= 15 is 0 Å². The van der Waals surface area contributed by atoms with Gasteiger partial charge >= 0.3 is 5.82 Å². The van der Waals surface area contributed by atoms with Gasteiger partial charge in [-0.15, -0.1) is 0 Å². The molecule has 1 aliphatic rings. The van der Waals surface area contributed by atoms with E-state index in [0.717, 1.165) is 11.8 Å². The fraction of sp³-hybridized carbons (Fsp3) is 0.643. The first kappa shape index (κ1) is 16.0. The molecule has 2 rings (SSSR count). The summed E-state index contributed by atoms with van der Waals surface area (Å²) in [5.41, 5.74) is 0.327. The average molecular weight is 358 g/mol. The van der Waals surface area contributed by atoms with E-state index in [-0.39, 0.29) is 11.7 Å². The van der Waals surface area contributed by atoms with Gasteiger partial charge in [0, 0.05) is 17.9 Å². The van der Waals surface area contributed by atoms with Crippen LogP contribution in [0.15, 0.2) is 12.1 Å². The minimum atomic E-state index is -0.487. The number of aromatic nitrogens is 1. The van der Waals surface area contributed by atoms with E-state index in [4.69, 9.17) is 0 Å². The number of carbonyl (C=O) groups is 1. The number of rotatable bonds is 5. The number of nitrogens with one attached hydrogen (secondary N) is 1. The quantitative estimate of drug-likeness (QED) is 0.500. The van der Waals surface area contributed by atoms with Gasteiger partial charge in [0.25, 0.3) is 5.91 Å². The minimum absolute atomic E-state index is 0.0730. The van der Waals surface area contributed by atoms with E-state index in [1.807, 2.05) is 0 Å². The van der Waals surface area contributed by atoms with E-state index in [9.17, 15) is 14.9 Å². The predicted octanol–water partition coefficient (Wildman–Crippen LogP) is 2.86. The first-order valence-corrected chi connectivity index (χ1v) is 8.31. The number of nitro groups is 1. The molecule has 0 spiro atoms. The smallest absolute Gasteiger partial charge is 0.323 e. The van der Waals surface area contributed by atoms with Gasteiger partial charge in [0.15, 0.2) is 5.69 Å². The van der Waals surface area contributed by atoms with Crippen molar-refractivity contribution in [3.05, 3.63) is 27.9 Å². The van der Waals surface area contributed by atoms with Crippen LogP contribution in [0, 0.1) is 22.0 Å². The average Bonchev–Trinajstić information content (AvgIpc) is 2.87. The maximum Gasteiger partial charge on any atom is 0.323 e. The predicted molar refractivity (Wildman–Crippen MR) is 83.6 cm³/mol. The summed E-state index contributed by atoms with van der Waals surface area (Å²) in [6.07, 6.45) is 4.79. The Morgan fingerprint density at radius 3 is 2.67 bits per heavy atom. The molecule has 1 saturated carbocycles. The molecular formula is C14H20BrN3O3. The molecular weight excluding hydrogens is 338 g/mol. The first-order chi connectivity index (χ1) is 10.0. The zero-order valence-corrected chi connectivity index (χ0v) is 13.6. The Morgan fingerprint density at radius 1 is 1.43 bits per heavy atom. The third-order valence-electron chi connectivity index (χ3n) is 4.30. The molecule has 1 aromatic rings. The second-order valence-electron chi connectivity index (χ2n) is 5.56. The van der Waals surface area contributed by atoms with Gasteiger partial charge in [0.2, 0.25) is 0 Å². The van der Waals surface area contributed by atoms with Gasteiger partial charge in [-0.25, -0.2) is 4.57 Å². The van der Waals surface area contributed by atoms with Gasteiger partial charge < -0.3 is 15.4 Å². The van der Waals surface area contributed by atoms with Crippen molar-refractivity contribution >= 4 is 27.7 Å². The molecule has 0 aliphatic heterocycles. The van der Waals surface area contributed by atoms with Crippen LogP contribution in [0.2, 0.25) is 0 Å². The fourth-order valence-corrected chi connectivity index (χ4v) is 3.83. The second-order valence-corrected chi connectivity index (χ2v) is 6.21. The van der Waals surface area contributed by atoms with Crippen molar-refractivity contribution in [1.29, 1.82) is 0 Å². The Bertz CT molecular complexity index is 530. The molecule has 2 unspecified atom stereocenters. The van der Waals surface area contributed by atoms with Crippen LogP contribution < -0.4 is 5.32 Å². The van der Waals surface area contributed by atoms with Crippen molar-refractivity contribution < 1.29 is 9.72 Å². The van der Waals surface area contributed by atoms with Crippen molar-refractivity contribution in [3.8, 4) is 0 Å². The lowest BCUT2D eigenvalue weighted by molar-refractivity contribution is -0.391. The van der Waals surface area contributed by atoms with Crippen LogP contribution in [0.25, 0.3) is 0 Å². The van der Waals surface area contributed by atoms with E-state index in [2.05, 4.69) is 21.2 Å². The van der Waals surface area contributed by atoms with Gasteiger partial charge in [-0.1, -0.05) is 28.8 Å². The molecule has 21 heavy (non-hydrogen) atoms. The Balaban J connectivity index is 1.97. The molecule has 6 nitrogen and oxygen atoms in total. The molecule has 116 valence electrons. The lowest BCUT2D eigenvalue weighted by atomic mass is 9.80. The molecule has 1 aromatic heterocycles. The van der Waals surface area contributed by atoms with Crippen LogP contribution >= 0.6 is 15.9 Å². The van der Waals surface area contributed by atoms with E-state index in [0.29, 0.717) is 24.1 Å². The normalized spacial score (nSPS) is 22.0. The summed E-state index contributed by atoms with van der Waals surface area (Å²) in [6.45, 7) is 0.633. The molecule has 1 fully saturated rings. The fourth-order valence-electron chi connectivity index (χ4n) is 2.98. The van der Waals surface area contributed by atoms with Crippen LogP contribution in [0.4, 0.5) is 5.82 Å². The summed E-state index contributed by atoms with van der Waals surface area (Å²) >= 11 is 3.54. The number of alkyl halides is 1. The molecule has 1 aliphatic carbocycles. The summed E-state index contributed by atoms with van der Waals surface area (Å²) in [5.74, 6) is 0.764. The summed E-state index contributed by atoms with van der Waals surface area (Å²) < 4.78 is 1.32. The van der Waals surface area contributed by atoms with Gasteiger partial charge in [-0.05, 0) is 35.7 Å². The van der Waals surface area contributed by atoms with E-state index in [1.54, 1.807) is 0 Å². The molecule has 2 atom stereocenters. The molecule has 1 heterocycles. The maximum absolute atomic E-state index is 12.2. The van der Waals surface area contributed by atoms with Gasteiger partial charge in [0.1, 0.15) is 0 Å². The summed E-state index contributed by atoms with van der Waals surface area (Å²) in [4.78, 5) is 22.5. The monoisotopic (exact) mass is 357 g/mol. The third kappa shape index (κ3) is 3.64. The second kappa shape index (κ2) is 7.06. The SMILES string of the molecule is Cn1c(C(=O)NCC2CCCCC2CBr)ccc1[N+](=O)[O-]. The largest absolute Gasteiger partial charge is 0.358 e. The molecule has 0 aromatic carbocycles. The maximum atomic E-state index is 12.2. The number of carbonyl (C=O) groups excluding carboxylic acids is 1. The number of hydrogen-bond acceptors (Lipinski definition) is 3. The molecule has 1 N–H and O–H groups in total. The van der Waals surface area contributed by atoms with Crippen LogP contribution in [-0.4, -0.2) is 27.3 Å². The van der Waals surface area contributed by atoms with Crippen LogP contribution in [0.1, 0.15) is 36.2 Å². The van der Waals surface area contributed by atoms with E-state index in [1.165, 1.54) is 43.0 Å². The summed E-state index contributed by atoms with van der Waals surface area (Å²) in [7, 11) is 1.54. The third-order valence-corrected chi connectivity index (χ3v) is 5.14. The highest BCUT2D eigenvalue weighted by molar-refractivity contribution is 9.09. The highest BCUT2D eigenvalue weighted by Gasteiger charge is 2.26. The topological polar surface area (TPSA) is 77.2 Å². The van der Waals surface area contributed by atoms with Crippen LogP contribution in [0.5, 0.6) is 0 Å². The van der Waals surface area contributed by atoms with Crippen molar-refractivity contribution in [2.45, 2.75) is 25.7 Å². The van der Waals surface area contributed by atoms with Gasteiger partial charge in [-0.2, -0.15) is 0 Å². The molecule has 0 saturated heterocycles. The van der Waals surface area contributed by atoms with E-state index < -0.39 is 4.92 Å². The van der Waals surface area contributed by atoms with Gasteiger partial charge in [0.05, 0.1) is 7.05 Å². The van der Waals surface area contributed by atoms with Crippen molar-refractivity contribution in [2.75, 3.05) is 11.9 Å². The molecule has 0 radical (unpaired) electrons. The highest BCUT2D eigenvalue weighted by Crippen LogP contribution is 2.30. The Kier molecular flexibility index (Phi) is 5.39. The number of halogens is 1. The lowest BCUT2D eigenvalue weighted by Crippen LogP contribution is -2.35. The van der Waals surface area contributed by atoms with Crippen molar-refractivity contribution in [2.24, 2.45) is 18.9 Å². The lowest BCUT2D eigenvalue weighted by Gasteiger charge is -2.30. The Morgan fingerprint density at radius 2 is 2.10 bits per heavy atom.